The van der Waals surface area contributed by atoms with E-state index in [4.69, 9.17) is 19.8 Å². The van der Waals surface area contributed by atoms with E-state index in [0.29, 0.717) is 0 Å². The number of nitrogens with zero attached hydrogens (tertiary/aromatic N) is 7. The molecule has 3 aromatic heterocycles. The lowest BCUT2D eigenvalue weighted by molar-refractivity contribution is 0.123. The van der Waals surface area contributed by atoms with Gasteiger partial charge in [0.1, 0.15) is 5.52 Å². The van der Waals surface area contributed by atoms with Gasteiger partial charge in [-0.15, -0.1) is 0 Å². The SMILES string of the molecule is Cc1cccc(-c2ccn(-c3cc(N4CCOCC4)c4ncn(CCCN(C)C)c4n3)n2)c1. The zero-order valence-electron chi connectivity index (χ0n) is 19.6. The van der Waals surface area contributed by atoms with Crippen molar-refractivity contribution < 1.29 is 4.74 Å². The first-order valence-electron chi connectivity index (χ1n) is 11.5. The molecule has 5 rings (SSSR count). The van der Waals surface area contributed by atoms with Gasteiger partial charge < -0.3 is 19.1 Å². The molecule has 0 N–H and O–H groups in total. The molecular weight excluding hydrogens is 414 g/mol. The van der Waals surface area contributed by atoms with Crippen LogP contribution in [-0.2, 0) is 11.3 Å². The Labute approximate surface area is 194 Å². The lowest BCUT2D eigenvalue weighted by atomic mass is 10.1. The number of aryl methyl sites for hydroxylation is 2. The van der Waals surface area contributed by atoms with E-state index in [1.54, 1.807) is 0 Å². The Morgan fingerprint density at radius 2 is 1.94 bits per heavy atom. The Bertz CT molecular complexity index is 1240. The first-order valence-corrected chi connectivity index (χ1v) is 11.5. The van der Waals surface area contributed by atoms with Crippen LogP contribution in [0.3, 0.4) is 0 Å². The monoisotopic (exact) mass is 445 g/mol. The summed E-state index contributed by atoms with van der Waals surface area (Å²) in [6.45, 7) is 7.14. The summed E-state index contributed by atoms with van der Waals surface area (Å²) in [7, 11) is 4.20. The van der Waals surface area contributed by atoms with Gasteiger partial charge in [-0.25, -0.2) is 14.6 Å². The molecule has 0 unspecified atom stereocenters. The predicted octanol–water partition coefficient (Wildman–Crippen LogP) is 3.38. The Balaban J connectivity index is 1.55. The van der Waals surface area contributed by atoms with Gasteiger partial charge in [0.15, 0.2) is 11.5 Å². The van der Waals surface area contributed by atoms with E-state index in [2.05, 4.69) is 65.7 Å². The average Bonchev–Trinajstić information content (AvgIpc) is 3.47. The number of pyridine rings is 1. The number of rotatable bonds is 7. The van der Waals surface area contributed by atoms with Gasteiger partial charge in [-0.1, -0.05) is 23.8 Å². The minimum absolute atomic E-state index is 0.724. The lowest BCUT2D eigenvalue weighted by Gasteiger charge is -2.29. The normalized spacial score (nSPS) is 14.5. The van der Waals surface area contributed by atoms with Gasteiger partial charge in [-0.3, -0.25) is 0 Å². The van der Waals surface area contributed by atoms with Crippen molar-refractivity contribution >= 4 is 16.9 Å². The standard InChI is InChI=1S/C25H31N7O/c1-19-6-4-7-20(16-19)21-8-11-32(28-21)23-17-22(30-12-14-33-15-13-30)24-25(27-23)31(18-26-24)10-5-9-29(2)3/h4,6-8,11,16-18H,5,9-10,12-15H2,1-3H3. The zero-order valence-corrected chi connectivity index (χ0v) is 19.6. The molecule has 33 heavy (non-hydrogen) atoms. The van der Waals surface area contributed by atoms with Crippen molar-refractivity contribution in [3.63, 3.8) is 0 Å². The van der Waals surface area contributed by atoms with E-state index in [1.165, 1.54) is 5.56 Å². The van der Waals surface area contributed by atoms with Crippen molar-refractivity contribution in [1.29, 1.82) is 0 Å². The van der Waals surface area contributed by atoms with Crippen molar-refractivity contribution in [2.75, 3.05) is 51.8 Å². The molecule has 1 fully saturated rings. The quantitative estimate of drug-likeness (QED) is 0.435. The van der Waals surface area contributed by atoms with Crippen LogP contribution in [0.25, 0.3) is 28.2 Å². The van der Waals surface area contributed by atoms with Gasteiger partial charge in [-0.2, -0.15) is 5.10 Å². The fraction of sp³-hybridized carbons (Fsp3) is 0.400. The summed E-state index contributed by atoms with van der Waals surface area (Å²) in [5.41, 5.74) is 6.21. The highest BCUT2D eigenvalue weighted by atomic mass is 16.5. The largest absolute Gasteiger partial charge is 0.378 e. The molecular formula is C25H31N7O. The first kappa shape index (κ1) is 21.6. The molecule has 4 heterocycles. The smallest absolute Gasteiger partial charge is 0.164 e. The second kappa shape index (κ2) is 9.33. The van der Waals surface area contributed by atoms with Crippen LogP contribution >= 0.6 is 0 Å². The minimum Gasteiger partial charge on any atom is -0.378 e. The van der Waals surface area contributed by atoms with Crippen LogP contribution in [0, 0.1) is 6.92 Å². The molecule has 0 atom stereocenters. The average molecular weight is 446 g/mol. The Hall–Kier alpha value is -3.23. The molecule has 0 spiro atoms. The van der Waals surface area contributed by atoms with Crippen molar-refractivity contribution in [1.82, 2.24) is 29.2 Å². The van der Waals surface area contributed by atoms with E-state index < -0.39 is 0 Å². The number of ether oxygens (including phenoxy) is 1. The van der Waals surface area contributed by atoms with Crippen LogP contribution in [0.2, 0.25) is 0 Å². The number of anilines is 1. The van der Waals surface area contributed by atoms with Crippen LogP contribution in [0.15, 0.2) is 48.9 Å². The molecule has 4 aromatic rings. The van der Waals surface area contributed by atoms with Crippen LogP contribution in [0.1, 0.15) is 12.0 Å². The maximum atomic E-state index is 5.59. The van der Waals surface area contributed by atoms with E-state index in [1.807, 2.05) is 23.3 Å². The number of hydrogen-bond donors (Lipinski definition) is 0. The summed E-state index contributed by atoms with van der Waals surface area (Å²) < 4.78 is 9.62. The van der Waals surface area contributed by atoms with Gasteiger partial charge in [0.05, 0.1) is 30.9 Å². The molecule has 8 heteroatoms. The first-order chi connectivity index (χ1) is 16.1. The zero-order chi connectivity index (χ0) is 22.8. The summed E-state index contributed by atoms with van der Waals surface area (Å²) in [6.07, 6.45) is 4.94. The van der Waals surface area contributed by atoms with E-state index in [-0.39, 0.29) is 0 Å². The molecule has 0 amide bonds. The third-order valence-electron chi connectivity index (χ3n) is 6.03. The molecule has 0 aliphatic carbocycles. The summed E-state index contributed by atoms with van der Waals surface area (Å²) >= 11 is 0. The van der Waals surface area contributed by atoms with Gasteiger partial charge in [0, 0.05) is 37.5 Å². The molecule has 172 valence electrons. The summed E-state index contributed by atoms with van der Waals surface area (Å²) in [5, 5.41) is 4.86. The number of morpholine rings is 1. The molecule has 0 saturated carbocycles. The molecule has 1 saturated heterocycles. The topological polar surface area (TPSA) is 64.2 Å². The van der Waals surface area contributed by atoms with E-state index in [0.717, 1.165) is 79.7 Å². The van der Waals surface area contributed by atoms with Crippen LogP contribution < -0.4 is 4.90 Å². The minimum atomic E-state index is 0.724. The maximum Gasteiger partial charge on any atom is 0.164 e. The Morgan fingerprint density at radius 1 is 1.09 bits per heavy atom. The molecule has 1 aliphatic rings. The number of aromatic nitrogens is 5. The van der Waals surface area contributed by atoms with Crippen molar-refractivity contribution in [2.45, 2.75) is 19.9 Å². The van der Waals surface area contributed by atoms with Crippen molar-refractivity contribution in [3.05, 3.63) is 54.5 Å². The van der Waals surface area contributed by atoms with Gasteiger partial charge in [0.2, 0.25) is 0 Å². The third kappa shape index (κ3) is 4.62. The van der Waals surface area contributed by atoms with Gasteiger partial charge >= 0.3 is 0 Å². The fourth-order valence-electron chi connectivity index (χ4n) is 4.30. The summed E-state index contributed by atoms with van der Waals surface area (Å²) in [5.74, 6) is 0.803. The van der Waals surface area contributed by atoms with E-state index in [9.17, 15) is 0 Å². The number of hydrogen-bond acceptors (Lipinski definition) is 6. The Morgan fingerprint density at radius 3 is 2.73 bits per heavy atom. The molecule has 0 radical (unpaired) electrons. The second-order valence-electron chi connectivity index (χ2n) is 8.88. The summed E-state index contributed by atoms with van der Waals surface area (Å²) in [4.78, 5) is 14.3. The number of imidazole rings is 1. The number of benzene rings is 1. The molecule has 1 aromatic carbocycles. The molecule has 1 aliphatic heterocycles. The summed E-state index contributed by atoms with van der Waals surface area (Å²) in [6, 6.07) is 12.6. The van der Waals surface area contributed by atoms with Crippen LogP contribution in [0.5, 0.6) is 0 Å². The fourth-order valence-corrected chi connectivity index (χ4v) is 4.30. The van der Waals surface area contributed by atoms with Crippen LogP contribution in [0.4, 0.5) is 5.69 Å². The lowest BCUT2D eigenvalue weighted by Crippen LogP contribution is -2.36. The Kier molecular flexibility index (Phi) is 6.11. The van der Waals surface area contributed by atoms with E-state index >= 15 is 0 Å². The third-order valence-corrected chi connectivity index (χ3v) is 6.03. The second-order valence-corrected chi connectivity index (χ2v) is 8.88. The highest BCUT2D eigenvalue weighted by molar-refractivity contribution is 5.87. The highest BCUT2D eigenvalue weighted by Crippen LogP contribution is 2.29. The van der Waals surface area contributed by atoms with Gasteiger partial charge in [-0.05, 0) is 46.1 Å². The van der Waals surface area contributed by atoms with Crippen LogP contribution in [-0.4, -0.2) is 76.2 Å². The van der Waals surface area contributed by atoms with Gasteiger partial charge in [0.25, 0.3) is 0 Å². The molecule has 8 nitrogen and oxygen atoms in total. The van der Waals surface area contributed by atoms with Crippen molar-refractivity contribution in [3.8, 4) is 17.1 Å². The maximum absolute atomic E-state index is 5.59. The molecule has 0 bridgehead atoms. The van der Waals surface area contributed by atoms with Crippen molar-refractivity contribution in [2.24, 2.45) is 0 Å². The number of fused-ring (bicyclic) bond motifs is 1. The predicted molar refractivity (Wildman–Crippen MR) is 131 cm³/mol. The highest BCUT2D eigenvalue weighted by Gasteiger charge is 2.20.